The maximum Gasteiger partial charge on any atom is 0.127 e. The van der Waals surface area contributed by atoms with E-state index in [-0.39, 0.29) is 0 Å². The molecule has 2 nitrogen and oxygen atoms in total. The Hall–Kier alpha value is -1.09. The topological polar surface area (TPSA) is 28.7 Å². The van der Waals surface area contributed by atoms with E-state index in [0.29, 0.717) is 5.92 Å². The van der Waals surface area contributed by atoms with Gasteiger partial charge in [0, 0.05) is 5.69 Å². The number of aromatic amines is 1. The number of hydrogen-bond acceptors (Lipinski definition) is 1. The van der Waals surface area contributed by atoms with Crippen molar-refractivity contribution in [1.82, 2.24) is 9.97 Å². The van der Waals surface area contributed by atoms with Crippen LogP contribution >= 0.6 is 15.9 Å². The standard InChI is InChI=1S/C15H19BrN2/c1-10(2)13-7-4-12(5-8-13)6-9-14-15(16)18-11(3)17-14/h4-5,7-8,10H,6,9H2,1-3H3,(H,17,18). The van der Waals surface area contributed by atoms with Gasteiger partial charge in [0.05, 0.1) is 0 Å². The van der Waals surface area contributed by atoms with E-state index >= 15 is 0 Å². The summed E-state index contributed by atoms with van der Waals surface area (Å²) in [5.74, 6) is 1.57. The lowest BCUT2D eigenvalue weighted by Gasteiger charge is -2.06. The first-order valence-corrected chi connectivity index (χ1v) is 7.15. The molecular formula is C15H19BrN2. The van der Waals surface area contributed by atoms with Crippen molar-refractivity contribution in [3.05, 3.63) is 51.5 Å². The predicted octanol–water partition coefficient (Wildman–Crippen LogP) is 4.39. The van der Waals surface area contributed by atoms with Crippen LogP contribution in [0.5, 0.6) is 0 Å². The summed E-state index contributed by atoms with van der Waals surface area (Å²) in [4.78, 5) is 7.61. The Morgan fingerprint density at radius 3 is 2.33 bits per heavy atom. The lowest BCUT2D eigenvalue weighted by Crippen LogP contribution is -1.94. The minimum Gasteiger partial charge on any atom is -0.345 e. The maximum absolute atomic E-state index is 4.32. The molecule has 0 fully saturated rings. The molecule has 0 bridgehead atoms. The summed E-state index contributed by atoms with van der Waals surface area (Å²) < 4.78 is 0.943. The first-order valence-electron chi connectivity index (χ1n) is 6.36. The highest BCUT2D eigenvalue weighted by Crippen LogP contribution is 2.18. The van der Waals surface area contributed by atoms with Crippen LogP contribution < -0.4 is 0 Å². The summed E-state index contributed by atoms with van der Waals surface area (Å²) in [7, 11) is 0. The van der Waals surface area contributed by atoms with Crippen molar-refractivity contribution < 1.29 is 0 Å². The number of benzene rings is 1. The maximum atomic E-state index is 4.32. The highest BCUT2D eigenvalue weighted by Gasteiger charge is 2.05. The summed E-state index contributed by atoms with van der Waals surface area (Å²) in [6.07, 6.45) is 2.03. The van der Waals surface area contributed by atoms with Crippen molar-refractivity contribution in [3.63, 3.8) is 0 Å². The van der Waals surface area contributed by atoms with Crippen LogP contribution in [0.1, 0.15) is 42.4 Å². The van der Waals surface area contributed by atoms with Crippen LogP contribution in [0, 0.1) is 6.92 Å². The zero-order valence-corrected chi connectivity index (χ0v) is 12.7. The van der Waals surface area contributed by atoms with Gasteiger partial charge in [0.15, 0.2) is 0 Å². The molecule has 96 valence electrons. The van der Waals surface area contributed by atoms with E-state index < -0.39 is 0 Å². The monoisotopic (exact) mass is 306 g/mol. The third-order valence-corrected chi connectivity index (χ3v) is 3.81. The molecule has 2 rings (SSSR count). The first-order chi connectivity index (χ1) is 8.56. The smallest absolute Gasteiger partial charge is 0.127 e. The molecule has 0 atom stereocenters. The number of aromatic nitrogens is 2. The average molecular weight is 307 g/mol. The Morgan fingerprint density at radius 1 is 1.17 bits per heavy atom. The number of aryl methyl sites for hydroxylation is 3. The zero-order valence-electron chi connectivity index (χ0n) is 11.1. The SMILES string of the molecule is Cc1nc(Br)c(CCc2ccc(C(C)C)cc2)[nH]1. The number of H-pyrrole nitrogens is 1. The quantitative estimate of drug-likeness (QED) is 0.891. The van der Waals surface area contributed by atoms with Gasteiger partial charge < -0.3 is 4.98 Å². The molecule has 0 spiro atoms. The molecule has 0 amide bonds. The van der Waals surface area contributed by atoms with Gasteiger partial charge in [-0.2, -0.15) is 0 Å². The summed E-state index contributed by atoms with van der Waals surface area (Å²) in [6, 6.07) is 8.92. The highest BCUT2D eigenvalue weighted by molar-refractivity contribution is 9.10. The molecule has 3 heteroatoms. The fraction of sp³-hybridized carbons (Fsp3) is 0.400. The lowest BCUT2D eigenvalue weighted by molar-refractivity contribution is 0.860. The predicted molar refractivity (Wildman–Crippen MR) is 79.0 cm³/mol. The summed E-state index contributed by atoms with van der Waals surface area (Å²) in [6.45, 7) is 6.42. The number of hydrogen-bond donors (Lipinski definition) is 1. The Morgan fingerprint density at radius 2 is 1.83 bits per heavy atom. The van der Waals surface area contributed by atoms with E-state index in [1.165, 1.54) is 16.8 Å². The van der Waals surface area contributed by atoms with Crippen LogP contribution in [-0.4, -0.2) is 9.97 Å². The highest BCUT2D eigenvalue weighted by atomic mass is 79.9. The van der Waals surface area contributed by atoms with E-state index in [1.807, 2.05) is 6.92 Å². The Labute approximate surface area is 117 Å². The summed E-state index contributed by atoms with van der Waals surface area (Å²) in [5.41, 5.74) is 3.95. The van der Waals surface area contributed by atoms with E-state index in [1.54, 1.807) is 0 Å². The normalized spacial score (nSPS) is 11.2. The molecule has 1 aromatic carbocycles. The minimum absolute atomic E-state index is 0.600. The van der Waals surface area contributed by atoms with Crippen molar-refractivity contribution in [1.29, 1.82) is 0 Å². The van der Waals surface area contributed by atoms with Crippen molar-refractivity contribution in [2.24, 2.45) is 0 Å². The molecule has 0 radical (unpaired) electrons. The molecule has 0 aliphatic rings. The van der Waals surface area contributed by atoms with Crippen LogP contribution in [0.15, 0.2) is 28.9 Å². The van der Waals surface area contributed by atoms with E-state index in [0.717, 1.165) is 23.3 Å². The van der Waals surface area contributed by atoms with Crippen LogP contribution in [0.4, 0.5) is 0 Å². The van der Waals surface area contributed by atoms with Gasteiger partial charge in [-0.05, 0) is 52.7 Å². The lowest BCUT2D eigenvalue weighted by atomic mass is 10.00. The molecule has 0 saturated heterocycles. The van der Waals surface area contributed by atoms with Gasteiger partial charge in [-0.15, -0.1) is 0 Å². The molecule has 2 aromatic rings. The van der Waals surface area contributed by atoms with Gasteiger partial charge in [-0.3, -0.25) is 0 Å². The molecule has 0 saturated carbocycles. The first kappa shape index (κ1) is 13.3. The molecule has 1 N–H and O–H groups in total. The fourth-order valence-electron chi connectivity index (χ4n) is 2.02. The zero-order chi connectivity index (χ0) is 13.1. The van der Waals surface area contributed by atoms with Gasteiger partial charge in [0.1, 0.15) is 10.4 Å². The fourth-order valence-corrected chi connectivity index (χ4v) is 2.58. The van der Waals surface area contributed by atoms with Crippen LogP contribution in [0.25, 0.3) is 0 Å². The third-order valence-electron chi connectivity index (χ3n) is 3.16. The third kappa shape index (κ3) is 3.22. The molecule has 0 aliphatic heterocycles. The molecule has 0 aliphatic carbocycles. The van der Waals surface area contributed by atoms with Crippen LogP contribution in [0.2, 0.25) is 0 Å². The van der Waals surface area contributed by atoms with E-state index in [4.69, 9.17) is 0 Å². The number of imidazole rings is 1. The second-order valence-electron chi connectivity index (χ2n) is 4.99. The second kappa shape index (κ2) is 5.70. The summed E-state index contributed by atoms with van der Waals surface area (Å²) in [5, 5.41) is 0. The van der Waals surface area contributed by atoms with Crippen molar-refractivity contribution in [3.8, 4) is 0 Å². The van der Waals surface area contributed by atoms with Crippen molar-refractivity contribution >= 4 is 15.9 Å². The number of halogens is 1. The van der Waals surface area contributed by atoms with Crippen molar-refractivity contribution in [2.75, 3.05) is 0 Å². The minimum atomic E-state index is 0.600. The Bertz CT molecular complexity index is 512. The molecular weight excluding hydrogens is 288 g/mol. The number of nitrogens with one attached hydrogen (secondary N) is 1. The van der Waals surface area contributed by atoms with Gasteiger partial charge >= 0.3 is 0 Å². The Kier molecular flexibility index (Phi) is 4.23. The van der Waals surface area contributed by atoms with Gasteiger partial charge in [-0.1, -0.05) is 38.1 Å². The second-order valence-corrected chi connectivity index (χ2v) is 5.74. The number of nitrogens with zero attached hydrogens (tertiary/aromatic N) is 1. The number of rotatable bonds is 4. The molecule has 0 unspecified atom stereocenters. The molecule has 1 heterocycles. The summed E-state index contributed by atoms with van der Waals surface area (Å²) >= 11 is 3.48. The molecule has 1 aromatic heterocycles. The van der Waals surface area contributed by atoms with Gasteiger partial charge in [0.25, 0.3) is 0 Å². The van der Waals surface area contributed by atoms with Gasteiger partial charge in [-0.25, -0.2) is 4.98 Å². The Balaban J connectivity index is 2.00. The van der Waals surface area contributed by atoms with Crippen LogP contribution in [0.3, 0.4) is 0 Å². The van der Waals surface area contributed by atoms with Crippen LogP contribution in [-0.2, 0) is 12.8 Å². The van der Waals surface area contributed by atoms with Crippen molar-refractivity contribution in [2.45, 2.75) is 39.5 Å². The largest absolute Gasteiger partial charge is 0.345 e. The molecule has 18 heavy (non-hydrogen) atoms. The average Bonchev–Trinajstić information content (AvgIpc) is 2.66. The van der Waals surface area contributed by atoms with E-state index in [2.05, 4.69) is 64.0 Å². The van der Waals surface area contributed by atoms with Gasteiger partial charge in [0.2, 0.25) is 0 Å². The van der Waals surface area contributed by atoms with E-state index in [9.17, 15) is 0 Å².